The van der Waals surface area contributed by atoms with E-state index in [4.69, 9.17) is 10.8 Å². The van der Waals surface area contributed by atoms with Crippen LogP contribution in [-0.4, -0.2) is 21.8 Å². The summed E-state index contributed by atoms with van der Waals surface area (Å²) in [5.74, 6) is 0. The van der Waals surface area contributed by atoms with Crippen LogP contribution >= 0.6 is 11.8 Å². The number of aliphatic hydroxyl groups is 1. The Labute approximate surface area is 59.8 Å². The maximum atomic E-state index is 9.14. The zero-order valence-electron chi connectivity index (χ0n) is 5.58. The van der Waals surface area contributed by atoms with Crippen molar-refractivity contribution >= 4 is 11.8 Å². The molecular weight excluding hydrogens is 134 g/mol. The van der Waals surface area contributed by atoms with Crippen LogP contribution in [0.15, 0.2) is 0 Å². The Morgan fingerprint density at radius 3 is 2.67 bits per heavy atom. The lowest BCUT2D eigenvalue weighted by Gasteiger charge is -2.03. The van der Waals surface area contributed by atoms with Gasteiger partial charge in [-0.15, -0.1) is 11.8 Å². The Morgan fingerprint density at radius 1 is 1.78 bits per heavy atom. The van der Waals surface area contributed by atoms with E-state index < -0.39 is 0 Å². The number of aliphatic hydroxyl groups excluding tert-OH is 1. The van der Waals surface area contributed by atoms with Crippen molar-refractivity contribution < 1.29 is 5.11 Å². The van der Waals surface area contributed by atoms with Gasteiger partial charge in [-0.3, -0.25) is 0 Å². The lowest BCUT2D eigenvalue weighted by molar-refractivity contribution is 0.236. The average Bonchev–Trinajstić information content (AvgIpc) is 2.13. The Morgan fingerprint density at radius 2 is 2.44 bits per heavy atom. The SMILES string of the molecule is CCC1CC(N)C(O)S1. The van der Waals surface area contributed by atoms with Gasteiger partial charge in [0, 0.05) is 11.3 Å². The van der Waals surface area contributed by atoms with Crippen molar-refractivity contribution in [2.75, 3.05) is 0 Å². The fourth-order valence-corrected chi connectivity index (χ4v) is 2.27. The molecule has 1 fully saturated rings. The van der Waals surface area contributed by atoms with Gasteiger partial charge in [-0.25, -0.2) is 0 Å². The molecule has 0 saturated carbocycles. The van der Waals surface area contributed by atoms with E-state index in [2.05, 4.69) is 6.92 Å². The summed E-state index contributed by atoms with van der Waals surface area (Å²) in [5, 5.41) is 9.73. The molecule has 1 heterocycles. The summed E-state index contributed by atoms with van der Waals surface area (Å²) in [7, 11) is 0. The minimum absolute atomic E-state index is 0.0138. The van der Waals surface area contributed by atoms with E-state index in [1.54, 1.807) is 11.8 Å². The molecule has 9 heavy (non-hydrogen) atoms. The molecule has 0 aromatic carbocycles. The lowest BCUT2D eigenvalue weighted by atomic mass is 10.1. The monoisotopic (exact) mass is 147 g/mol. The van der Waals surface area contributed by atoms with Crippen molar-refractivity contribution in [1.29, 1.82) is 0 Å². The fraction of sp³-hybridized carbons (Fsp3) is 1.00. The van der Waals surface area contributed by atoms with Crippen molar-refractivity contribution in [3.8, 4) is 0 Å². The van der Waals surface area contributed by atoms with Crippen molar-refractivity contribution in [2.24, 2.45) is 5.73 Å². The van der Waals surface area contributed by atoms with E-state index >= 15 is 0 Å². The van der Waals surface area contributed by atoms with E-state index in [-0.39, 0.29) is 11.5 Å². The number of nitrogens with two attached hydrogens (primary N) is 1. The van der Waals surface area contributed by atoms with E-state index in [9.17, 15) is 0 Å². The molecular formula is C6H13NOS. The second-order valence-electron chi connectivity index (χ2n) is 2.46. The highest BCUT2D eigenvalue weighted by Gasteiger charge is 2.29. The van der Waals surface area contributed by atoms with Crippen LogP contribution in [-0.2, 0) is 0 Å². The van der Waals surface area contributed by atoms with Gasteiger partial charge in [0.2, 0.25) is 0 Å². The van der Waals surface area contributed by atoms with Gasteiger partial charge in [0.15, 0.2) is 0 Å². The molecule has 3 heteroatoms. The van der Waals surface area contributed by atoms with Gasteiger partial charge >= 0.3 is 0 Å². The van der Waals surface area contributed by atoms with Gasteiger partial charge in [0.1, 0.15) is 5.44 Å². The molecule has 0 spiro atoms. The van der Waals surface area contributed by atoms with Gasteiger partial charge in [-0.2, -0.15) is 0 Å². The summed E-state index contributed by atoms with van der Waals surface area (Å²) >= 11 is 1.60. The number of rotatable bonds is 1. The van der Waals surface area contributed by atoms with Gasteiger partial charge < -0.3 is 10.8 Å². The Bertz CT molecular complexity index is 89.1. The summed E-state index contributed by atoms with van der Waals surface area (Å²) in [6.45, 7) is 2.13. The number of hydrogen-bond donors (Lipinski definition) is 2. The highest BCUT2D eigenvalue weighted by atomic mass is 32.2. The highest BCUT2D eigenvalue weighted by molar-refractivity contribution is 8.00. The Balaban J connectivity index is 2.35. The molecule has 1 aliphatic rings. The van der Waals surface area contributed by atoms with Crippen LogP contribution in [0.2, 0.25) is 0 Å². The fourth-order valence-electron chi connectivity index (χ4n) is 1.04. The van der Waals surface area contributed by atoms with Crippen LogP contribution in [0, 0.1) is 0 Å². The van der Waals surface area contributed by atoms with Crippen LogP contribution in [0.5, 0.6) is 0 Å². The quantitative estimate of drug-likeness (QED) is 0.569. The smallest absolute Gasteiger partial charge is 0.115 e. The Hall–Kier alpha value is 0.270. The summed E-state index contributed by atoms with van der Waals surface area (Å²) in [6.07, 6.45) is 2.10. The predicted molar refractivity (Wildman–Crippen MR) is 40.3 cm³/mol. The van der Waals surface area contributed by atoms with Crippen LogP contribution < -0.4 is 5.73 Å². The second kappa shape index (κ2) is 2.90. The summed E-state index contributed by atoms with van der Waals surface area (Å²) in [4.78, 5) is 0. The first-order valence-electron chi connectivity index (χ1n) is 3.33. The van der Waals surface area contributed by atoms with Crippen LogP contribution in [0.1, 0.15) is 19.8 Å². The lowest BCUT2D eigenvalue weighted by Crippen LogP contribution is -2.27. The van der Waals surface area contributed by atoms with Crippen LogP contribution in [0.4, 0.5) is 0 Å². The first-order valence-corrected chi connectivity index (χ1v) is 4.27. The van der Waals surface area contributed by atoms with E-state index in [1.807, 2.05) is 0 Å². The summed E-state index contributed by atoms with van der Waals surface area (Å²) in [5.41, 5.74) is 5.26. The molecule has 1 saturated heterocycles. The van der Waals surface area contributed by atoms with Crippen molar-refractivity contribution in [2.45, 2.75) is 36.5 Å². The van der Waals surface area contributed by atoms with Crippen LogP contribution in [0.3, 0.4) is 0 Å². The Kier molecular flexibility index (Phi) is 2.38. The van der Waals surface area contributed by atoms with Crippen molar-refractivity contribution in [1.82, 2.24) is 0 Å². The molecule has 0 aliphatic carbocycles. The molecule has 0 amide bonds. The van der Waals surface area contributed by atoms with E-state index in [1.165, 1.54) is 0 Å². The topological polar surface area (TPSA) is 46.2 Å². The largest absolute Gasteiger partial charge is 0.381 e. The molecule has 1 rings (SSSR count). The summed E-state index contributed by atoms with van der Waals surface area (Å²) in [6, 6.07) is 0.0138. The first kappa shape index (κ1) is 7.38. The first-order chi connectivity index (χ1) is 4.24. The molecule has 3 atom stereocenters. The standard InChI is InChI=1S/C6H13NOS/c1-2-4-3-5(7)6(8)9-4/h4-6,8H,2-3,7H2,1H3. The molecule has 54 valence electrons. The predicted octanol–water partition coefficient (Wildman–Crippen LogP) is 0.548. The molecule has 1 aliphatic heterocycles. The van der Waals surface area contributed by atoms with E-state index in [0.29, 0.717) is 5.25 Å². The zero-order valence-corrected chi connectivity index (χ0v) is 6.40. The average molecular weight is 147 g/mol. The van der Waals surface area contributed by atoms with Gasteiger partial charge in [-0.05, 0) is 12.8 Å². The third-order valence-electron chi connectivity index (χ3n) is 1.69. The molecule has 2 nitrogen and oxygen atoms in total. The highest BCUT2D eigenvalue weighted by Crippen LogP contribution is 2.32. The van der Waals surface area contributed by atoms with Crippen molar-refractivity contribution in [3.05, 3.63) is 0 Å². The minimum atomic E-state index is -0.310. The zero-order chi connectivity index (χ0) is 6.85. The van der Waals surface area contributed by atoms with Crippen molar-refractivity contribution in [3.63, 3.8) is 0 Å². The van der Waals surface area contributed by atoms with Gasteiger partial charge in [0.25, 0.3) is 0 Å². The number of hydrogen-bond acceptors (Lipinski definition) is 3. The molecule has 0 aromatic rings. The maximum Gasteiger partial charge on any atom is 0.115 e. The number of thioether (sulfide) groups is 1. The normalized spacial score (nSPS) is 43.7. The third kappa shape index (κ3) is 1.60. The molecule has 3 N–H and O–H groups in total. The van der Waals surface area contributed by atoms with Gasteiger partial charge in [-0.1, -0.05) is 6.92 Å². The minimum Gasteiger partial charge on any atom is -0.381 e. The second-order valence-corrected chi connectivity index (χ2v) is 3.88. The maximum absolute atomic E-state index is 9.14. The molecule has 0 aromatic heterocycles. The third-order valence-corrected chi connectivity index (χ3v) is 3.23. The molecule has 0 radical (unpaired) electrons. The molecule has 0 bridgehead atoms. The van der Waals surface area contributed by atoms with Gasteiger partial charge in [0.05, 0.1) is 0 Å². The molecule has 3 unspecified atom stereocenters. The summed E-state index contributed by atoms with van der Waals surface area (Å²) < 4.78 is 0. The van der Waals surface area contributed by atoms with Crippen LogP contribution in [0.25, 0.3) is 0 Å². The van der Waals surface area contributed by atoms with E-state index in [0.717, 1.165) is 12.8 Å².